The summed E-state index contributed by atoms with van der Waals surface area (Å²) < 4.78 is 9.19. The van der Waals surface area contributed by atoms with Crippen LogP contribution in [0, 0.1) is 0 Å². The molecule has 0 amide bonds. The van der Waals surface area contributed by atoms with E-state index in [9.17, 15) is 0 Å². The van der Waals surface area contributed by atoms with Crippen LogP contribution in [0.25, 0.3) is 0 Å². The van der Waals surface area contributed by atoms with Crippen LogP contribution in [-0.2, 0) is 6.54 Å². The molecule has 8 heteroatoms. The minimum absolute atomic E-state index is 0.675. The topological polar surface area (TPSA) is 62.3 Å². The molecule has 1 aliphatic rings. The zero-order valence-corrected chi connectivity index (χ0v) is 19.3. The largest absolute Gasteiger partial charge is 0.494 e. The zero-order chi connectivity index (χ0) is 21.1. The van der Waals surface area contributed by atoms with Crippen LogP contribution in [-0.4, -0.2) is 41.3 Å². The molecule has 1 fully saturated rings. The number of likely N-dealkylation sites (tertiary alicyclic amines) is 1. The third-order valence-electron chi connectivity index (χ3n) is 5.04. The van der Waals surface area contributed by atoms with Crippen LogP contribution >= 0.6 is 23.3 Å². The molecular formula is C23H29N5OS2. The Morgan fingerprint density at radius 3 is 2.68 bits per heavy atom. The van der Waals surface area contributed by atoms with Gasteiger partial charge in [-0.25, -0.2) is 0 Å². The Morgan fingerprint density at radius 1 is 0.968 bits per heavy atom. The molecule has 3 aromatic rings. The molecule has 6 nitrogen and oxygen atoms in total. The molecule has 0 unspecified atom stereocenters. The third-order valence-corrected chi connectivity index (χ3v) is 6.77. The van der Waals surface area contributed by atoms with E-state index in [0.717, 1.165) is 40.4 Å². The monoisotopic (exact) mass is 455 g/mol. The van der Waals surface area contributed by atoms with Crippen LogP contribution in [0.1, 0.15) is 31.2 Å². The molecule has 31 heavy (non-hydrogen) atoms. The van der Waals surface area contributed by atoms with E-state index in [0.29, 0.717) is 6.61 Å². The summed E-state index contributed by atoms with van der Waals surface area (Å²) in [6.07, 6.45) is 4.91. The second-order valence-electron chi connectivity index (χ2n) is 7.54. The van der Waals surface area contributed by atoms with Crippen molar-refractivity contribution in [3.05, 3.63) is 60.2 Å². The van der Waals surface area contributed by atoms with Crippen molar-refractivity contribution in [2.24, 2.45) is 0 Å². The molecule has 2 aromatic carbocycles. The molecule has 1 saturated heterocycles. The molecule has 1 aliphatic heterocycles. The number of nitrogens with one attached hydrogen (secondary N) is 2. The first kappa shape index (κ1) is 21.9. The molecule has 1 aromatic heterocycles. The Balaban J connectivity index is 1.13. The van der Waals surface area contributed by atoms with Crippen molar-refractivity contribution in [3.8, 4) is 5.75 Å². The number of aromatic nitrogens is 2. The highest BCUT2D eigenvalue weighted by Gasteiger charge is 2.10. The fourth-order valence-electron chi connectivity index (χ4n) is 3.49. The lowest BCUT2D eigenvalue weighted by Gasteiger charge is -2.26. The Hall–Kier alpha value is -2.29. The van der Waals surface area contributed by atoms with E-state index in [1.165, 1.54) is 61.2 Å². The summed E-state index contributed by atoms with van der Waals surface area (Å²) in [6.45, 7) is 4.92. The summed E-state index contributed by atoms with van der Waals surface area (Å²) in [4.78, 5) is 3.68. The van der Waals surface area contributed by atoms with Crippen molar-refractivity contribution < 1.29 is 4.74 Å². The maximum Gasteiger partial charge on any atom is 0.217 e. The molecule has 0 radical (unpaired) electrons. The summed E-state index contributed by atoms with van der Waals surface area (Å²) in [5.41, 5.74) is 1.33. The fourth-order valence-corrected chi connectivity index (χ4v) is 4.85. The summed E-state index contributed by atoms with van der Waals surface area (Å²) in [5.74, 6) is 0.954. The van der Waals surface area contributed by atoms with E-state index in [4.69, 9.17) is 4.74 Å². The van der Waals surface area contributed by atoms with Gasteiger partial charge in [0.05, 0.1) is 6.61 Å². The molecule has 2 N–H and O–H groups in total. The second kappa shape index (κ2) is 11.9. The maximum atomic E-state index is 5.96. The molecule has 0 atom stereocenters. The van der Waals surface area contributed by atoms with E-state index < -0.39 is 0 Å². The SMILES string of the molecule is c1ccc(SNc2nnc(NCCCOc3cccc(CN4CCCCC4)c3)s2)cc1. The van der Waals surface area contributed by atoms with Crippen molar-refractivity contribution in [3.63, 3.8) is 0 Å². The minimum Gasteiger partial charge on any atom is -0.494 e. The summed E-state index contributed by atoms with van der Waals surface area (Å²) in [7, 11) is 0. The highest BCUT2D eigenvalue weighted by molar-refractivity contribution is 8.00. The van der Waals surface area contributed by atoms with Crippen molar-refractivity contribution in [1.29, 1.82) is 0 Å². The molecule has 4 rings (SSSR count). The van der Waals surface area contributed by atoms with E-state index in [1.807, 2.05) is 24.3 Å². The highest BCUT2D eigenvalue weighted by atomic mass is 32.2. The lowest BCUT2D eigenvalue weighted by molar-refractivity contribution is 0.220. The van der Waals surface area contributed by atoms with Gasteiger partial charge in [-0.1, -0.05) is 48.1 Å². The Kier molecular flexibility index (Phi) is 8.44. The number of hydrogen-bond donors (Lipinski definition) is 2. The van der Waals surface area contributed by atoms with Gasteiger partial charge in [0, 0.05) is 18.0 Å². The Bertz CT molecular complexity index is 915. The Labute approximate surface area is 192 Å². The van der Waals surface area contributed by atoms with Crippen molar-refractivity contribution in [1.82, 2.24) is 15.1 Å². The number of ether oxygens (including phenoxy) is 1. The predicted molar refractivity (Wildman–Crippen MR) is 130 cm³/mol. The molecule has 2 heterocycles. The first-order valence-corrected chi connectivity index (χ1v) is 12.5. The van der Waals surface area contributed by atoms with Gasteiger partial charge < -0.3 is 14.8 Å². The van der Waals surface area contributed by atoms with E-state index >= 15 is 0 Å². The summed E-state index contributed by atoms with van der Waals surface area (Å²) in [6, 6.07) is 18.7. The second-order valence-corrected chi connectivity index (χ2v) is 9.40. The number of nitrogens with zero attached hydrogens (tertiary/aromatic N) is 3. The van der Waals surface area contributed by atoms with Crippen molar-refractivity contribution in [2.45, 2.75) is 37.1 Å². The number of piperidine rings is 1. The van der Waals surface area contributed by atoms with Gasteiger partial charge in [-0.05, 0) is 74.1 Å². The van der Waals surface area contributed by atoms with E-state index in [2.05, 4.69) is 55.5 Å². The standard InChI is InChI=1S/C23H29N5OS2/c1-3-11-21(12-4-1)31-27-23-26-25-22(30-23)24-13-8-16-29-20-10-7-9-19(17-20)18-28-14-5-2-6-15-28/h1,3-4,7,9-12,17H,2,5-6,8,13-16,18H2,(H,24,25)(H,26,27). The lowest BCUT2D eigenvalue weighted by Crippen LogP contribution is -2.29. The first-order chi connectivity index (χ1) is 15.3. The quantitative estimate of drug-likeness (QED) is 0.291. The Morgan fingerprint density at radius 2 is 1.81 bits per heavy atom. The number of anilines is 2. The van der Waals surface area contributed by atoms with Crippen LogP contribution in [0.5, 0.6) is 5.75 Å². The molecule has 164 valence electrons. The molecule has 0 aliphatic carbocycles. The van der Waals surface area contributed by atoms with Crippen LogP contribution < -0.4 is 14.8 Å². The summed E-state index contributed by atoms with van der Waals surface area (Å²) in [5, 5.41) is 13.3. The maximum absolute atomic E-state index is 5.96. The van der Waals surface area contributed by atoms with Crippen molar-refractivity contribution in [2.75, 3.05) is 36.3 Å². The molecule has 0 bridgehead atoms. The molecule has 0 saturated carbocycles. The number of benzene rings is 2. The highest BCUT2D eigenvalue weighted by Crippen LogP contribution is 2.25. The van der Waals surface area contributed by atoms with Crippen LogP contribution in [0.15, 0.2) is 59.5 Å². The minimum atomic E-state index is 0.675. The fraction of sp³-hybridized carbons (Fsp3) is 0.391. The average molecular weight is 456 g/mol. The summed E-state index contributed by atoms with van der Waals surface area (Å²) >= 11 is 3.05. The van der Waals surface area contributed by atoms with Gasteiger partial charge in [0.2, 0.25) is 10.3 Å². The van der Waals surface area contributed by atoms with Gasteiger partial charge in [-0.15, -0.1) is 10.2 Å². The third kappa shape index (κ3) is 7.41. The number of rotatable bonds is 11. The van der Waals surface area contributed by atoms with Crippen LogP contribution in [0.2, 0.25) is 0 Å². The van der Waals surface area contributed by atoms with Gasteiger partial charge in [0.15, 0.2) is 0 Å². The predicted octanol–water partition coefficient (Wildman–Crippen LogP) is 5.52. The smallest absolute Gasteiger partial charge is 0.217 e. The van der Waals surface area contributed by atoms with Crippen molar-refractivity contribution >= 4 is 33.5 Å². The normalized spacial score (nSPS) is 14.3. The van der Waals surface area contributed by atoms with Gasteiger partial charge in [0.1, 0.15) is 5.75 Å². The average Bonchev–Trinajstić information content (AvgIpc) is 3.27. The van der Waals surface area contributed by atoms with Crippen LogP contribution in [0.4, 0.5) is 10.3 Å². The van der Waals surface area contributed by atoms with E-state index in [-0.39, 0.29) is 0 Å². The molecular weight excluding hydrogens is 426 g/mol. The first-order valence-electron chi connectivity index (χ1n) is 10.8. The van der Waals surface area contributed by atoms with Gasteiger partial charge in [0.25, 0.3) is 0 Å². The van der Waals surface area contributed by atoms with Gasteiger partial charge in [-0.2, -0.15) is 0 Å². The van der Waals surface area contributed by atoms with Crippen LogP contribution in [0.3, 0.4) is 0 Å². The zero-order valence-electron chi connectivity index (χ0n) is 17.6. The van der Waals surface area contributed by atoms with Gasteiger partial charge >= 0.3 is 0 Å². The lowest BCUT2D eigenvalue weighted by atomic mass is 10.1. The van der Waals surface area contributed by atoms with E-state index in [1.54, 1.807) is 0 Å². The molecule has 0 spiro atoms. The number of hydrogen-bond acceptors (Lipinski definition) is 8. The van der Waals surface area contributed by atoms with Gasteiger partial charge in [-0.3, -0.25) is 4.90 Å².